The van der Waals surface area contributed by atoms with Crippen LogP contribution in [0.2, 0.25) is 5.02 Å². The summed E-state index contributed by atoms with van der Waals surface area (Å²) in [5.74, 6) is -1.84. The lowest BCUT2D eigenvalue weighted by atomic mass is 10.2. The predicted molar refractivity (Wildman–Crippen MR) is 72.2 cm³/mol. The minimum atomic E-state index is -3.96. The number of nitrogens with zero attached hydrogens (tertiary/aromatic N) is 1. The monoisotopic (exact) mass is 337 g/mol. The molecule has 1 aliphatic heterocycles. The Morgan fingerprint density at radius 3 is 2.86 bits per heavy atom. The first-order chi connectivity index (χ1) is 9.82. The van der Waals surface area contributed by atoms with Crippen LogP contribution < -0.4 is 0 Å². The lowest BCUT2D eigenvalue weighted by Gasteiger charge is -2.33. The number of hydrogen-bond acceptors (Lipinski definition) is 4. The van der Waals surface area contributed by atoms with E-state index in [1.807, 2.05) is 0 Å². The summed E-state index contributed by atoms with van der Waals surface area (Å²) in [6.45, 7) is 0.208. The molecule has 6 nitrogen and oxygen atoms in total. The van der Waals surface area contributed by atoms with Crippen LogP contribution in [0.15, 0.2) is 23.1 Å². The smallest absolute Gasteiger partial charge is 0.305 e. The molecule has 0 radical (unpaired) electrons. The maximum atomic E-state index is 13.1. The summed E-state index contributed by atoms with van der Waals surface area (Å²) in [7, 11) is -3.96. The molecule has 1 aromatic carbocycles. The second-order valence-corrected chi connectivity index (χ2v) is 6.82. The van der Waals surface area contributed by atoms with Gasteiger partial charge in [-0.15, -0.1) is 0 Å². The summed E-state index contributed by atoms with van der Waals surface area (Å²) < 4.78 is 44.4. The number of halogens is 2. The van der Waals surface area contributed by atoms with Gasteiger partial charge in [0.25, 0.3) is 0 Å². The molecule has 1 fully saturated rings. The highest BCUT2D eigenvalue weighted by molar-refractivity contribution is 7.89. The van der Waals surface area contributed by atoms with Crippen molar-refractivity contribution < 1.29 is 27.4 Å². The largest absolute Gasteiger partial charge is 0.481 e. The fourth-order valence-electron chi connectivity index (χ4n) is 2.09. The van der Waals surface area contributed by atoms with Gasteiger partial charge in [-0.05, 0) is 18.2 Å². The molecule has 21 heavy (non-hydrogen) atoms. The van der Waals surface area contributed by atoms with Gasteiger partial charge in [-0.25, -0.2) is 12.8 Å². The first kappa shape index (κ1) is 16.2. The second kappa shape index (κ2) is 6.27. The predicted octanol–water partition coefficient (Wildman–Crippen LogP) is 1.34. The minimum absolute atomic E-state index is 0.000453. The number of morpholine rings is 1. The van der Waals surface area contributed by atoms with Crippen molar-refractivity contribution in [2.45, 2.75) is 17.4 Å². The number of hydrogen-bond donors (Lipinski definition) is 1. The molecule has 0 aromatic heterocycles. The van der Waals surface area contributed by atoms with E-state index < -0.39 is 27.9 Å². The number of ether oxygens (including phenoxy) is 1. The van der Waals surface area contributed by atoms with E-state index in [9.17, 15) is 17.6 Å². The van der Waals surface area contributed by atoms with Crippen LogP contribution in [-0.2, 0) is 19.6 Å². The molecule has 1 atom stereocenters. The molecule has 0 saturated carbocycles. The number of carboxylic acids is 1. The number of rotatable bonds is 4. The van der Waals surface area contributed by atoms with Gasteiger partial charge in [-0.2, -0.15) is 4.31 Å². The van der Waals surface area contributed by atoms with Crippen LogP contribution in [0.25, 0.3) is 0 Å². The zero-order valence-electron chi connectivity index (χ0n) is 10.8. The standard InChI is InChI=1S/C12H13ClFNO5S/c13-10-6-9(1-2-11(10)14)21(18,19)15-3-4-20-7-8(15)5-12(16)17/h1-2,6,8H,3-5,7H2,(H,16,17). The maximum absolute atomic E-state index is 13.1. The highest BCUT2D eigenvalue weighted by atomic mass is 35.5. The molecule has 0 aliphatic carbocycles. The summed E-state index contributed by atoms with van der Waals surface area (Å²) >= 11 is 5.60. The average molecular weight is 338 g/mol. The molecule has 1 saturated heterocycles. The Labute approximate surface area is 126 Å². The fourth-order valence-corrected chi connectivity index (χ4v) is 3.96. The SMILES string of the molecule is O=C(O)CC1COCCN1S(=O)(=O)c1ccc(F)c(Cl)c1. The number of carbonyl (C=O) groups is 1. The number of carboxylic acid groups (broad SMARTS) is 1. The molecule has 1 aliphatic rings. The Balaban J connectivity index is 2.35. The topological polar surface area (TPSA) is 83.9 Å². The van der Waals surface area contributed by atoms with Gasteiger partial charge in [0.2, 0.25) is 10.0 Å². The molecule has 1 unspecified atom stereocenters. The van der Waals surface area contributed by atoms with Crippen LogP contribution in [0.5, 0.6) is 0 Å². The fraction of sp³-hybridized carbons (Fsp3) is 0.417. The third-order valence-corrected chi connectivity index (χ3v) is 5.32. The Morgan fingerprint density at radius 1 is 1.52 bits per heavy atom. The summed E-state index contributed by atoms with van der Waals surface area (Å²) in [6.07, 6.45) is -0.367. The van der Waals surface area contributed by atoms with Crippen molar-refractivity contribution in [2.24, 2.45) is 0 Å². The van der Waals surface area contributed by atoms with E-state index in [0.29, 0.717) is 0 Å². The van der Waals surface area contributed by atoms with Gasteiger partial charge in [0.15, 0.2) is 0 Å². The van der Waals surface area contributed by atoms with Crippen LogP contribution in [-0.4, -0.2) is 49.6 Å². The van der Waals surface area contributed by atoms with Crippen molar-refractivity contribution in [2.75, 3.05) is 19.8 Å². The minimum Gasteiger partial charge on any atom is -0.481 e. The van der Waals surface area contributed by atoms with Gasteiger partial charge in [-0.3, -0.25) is 4.79 Å². The quantitative estimate of drug-likeness (QED) is 0.896. The average Bonchev–Trinajstić information content (AvgIpc) is 2.41. The highest BCUT2D eigenvalue weighted by Gasteiger charge is 2.35. The van der Waals surface area contributed by atoms with E-state index in [2.05, 4.69) is 0 Å². The Hall–Kier alpha value is -1.22. The van der Waals surface area contributed by atoms with Crippen LogP contribution in [0.4, 0.5) is 4.39 Å². The number of benzene rings is 1. The van der Waals surface area contributed by atoms with Crippen LogP contribution >= 0.6 is 11.6 Å². The lowest BCUT2D eigenvalue weighted by molar-refractivity contribution is -0.139. The van der Waals surface area contributed by atoms with E-state index >= 15 is 0 Å². The summed E-state index contributed by atoms with van der Waals surface area (Å²) in [4.78, 5) is 10.7. The molecule has 0 amide bonds. The number of aliphatic carboxylic acids is 1. The van der Waals surface area contributed by atoms with Crippen molar-refractivity contribution in [3.05, 3.63) is 29.0 Å². The van der Waals surface area contributed by atoms with Crippen LogP contribution in [0.3, 0.4) is 0 Å². The van der Waals surface area contributed by atoms with E-state index in [0.717, 1.165) is 22.5 Å². The van der Waals surface area contributed by atoms with Crippen LogP contribution in [0.1, 0.15) is 6.42 Å². The zero-order valence-corrected chi connectivity index (χ0v) is 12.4. The van der Waals surface area contributed by atoms with E-state index in [-0.39, 0.29) is 36.1 Å². The van der Waals surface area contributed by atoms with E-state index in [4.69, 9.17) is 21.4 Å². The third-order valence-electron chi connectivity index (χ3n) is 3.08. The molecule has 2 rings (SSSR count). The lowest BCUT2D eigenvalue weighted by Crippen LogP contribution is -2.49. The summed E-state index contributed by atoms with van der Waals surface area (Å²) in [5, 5.41) is 8.55. The Morgan fingerprint density at radius 2 is 2.24 bits per heavy atom. The van der Waals surface area contributed by atoms with Gasteiger partial charge in [0, 0.05) is 6.54 Å². The molecule has 0 spiro atoms. The van der Waals surface area contributed by atoms with Crippen molar-refractivity contribution in [3.63, 3.8) is 0 Å². The van der Waals surface area contributed by atoms with Crippen molar-refractivity contribution >= 4 is 27.6 Å². The molecule has 116 valence electrons. The molecule has 0 bridgehead atoms. The van der Waals surface area contributed by atoms with Crippen molar-refractivity contribution in [3.8, 4) is 0 Å². The zero-order chi connectivity index (χ0) is 15.6. The Kier molecular flexibility index (Phi) is 4.82. The second-order valence-electron chi connectivity index (χ2n) is 4.52. The normalized spacial score (nSPS) is 20.4. The highest BCUT2D eigenvalue weighted by Crippen LogP contribution is 2.25. The Bertz CT molecular complexity index is 651. The maximum Gasteiger partial charge on any atom is 0.305 e. The van der Waals surface area contributed by atoms with Crippen molar-refractivity contribution in [1.82, 2.24) is 4.31 Å². The molecule has 1 N–H and O–H groups in total. The first-order valence-electron chi connectivity index (χ1n) is 6.09. The molecule has 9 heteroatoms. The van der Waals surface area contributed by atoms with Gasteiger partial charge < -0.3 is 9.84 Å². The number of sulfonamides is 1. The molecular weight excluding hydrogens is 325 g/mol. The van der Waals surface area contributed by atoms with Gasteiger partial charge in [0.05, 0.1) is 35.6 Å². The van der Waals surface area contributed by atoms with Crippen LogP contribution in [0, 0.1) is 5.82 Å². The van der Waals surface area contributed by atoms with Gasteiger partial charge >= 0.3 is 5.97 Å². The van der Waals surface area contributed by atoms with E-state index in [1.165, 1.54) is 0 Å². The molecular formula is C12H13ClFNO5S. The van der Waals surface area contributed by atoms with E-state index in [1.54, 1.807) is 0 Å². The van der Waals surface area contributed by atoms with Gasteiger partial charge in [-0.1, -0.05) is 11.6 Å². The summed E-state index contributed by atoms with van der Waals surface area (Å²) in [5.41, 5.74) is 0. The van der Waals surface area contributed by atoms with Gasteiger partial charge in [0.1, 0.15) is 5.82 Å². The summed E-state index contributed by atoms with van der Waals surface area (Å²) in [6, 6.07) is 2.27. The van der Waals surface area contributed by atoms with Crippen molar-refractivity contribution in [1.29, 1.82) is 0 Å². The molecule has 1 heterocycles. The molecule has 1 aromatic rings. The first-order valence-corrected chi connectivity index (χ1v) is 7.90. The third kappa shape index (κ3) is 3.52.